The highest BCUT2D eigenvalue weighted by Crippen LogP contribution is 2.35. The van der Waals surface area contributed by atoms with Crippen molar-refractivity contribution in [3.63, 3.8) is 0 Å². The van der Waals surface area contributed by atoms with Gasteiger partial charge in [-0.15, -0.1) is 0 Å². The highest BCUT2D eigenvalue weighted by molar-refractivity contribution is 5.94. The number of carbonyl (C=O) groups excluding carboxylic acids is 1. The Morgan fingerprint density at radius 1 is 1.18 bits per heavy atom. The van der Waals surface area contributed by atoms with Crippen LogP contribution in [0.25, 0.3) is 22.4 Å². The second kappa shape index (κ2) is 4.77. The maximum absolute atomic E-state index is 11.6. The molecule has 1 N–H and O–H groups in total. The summed E-state index contributed by atoms with van der Waals surface area (Å²) in [5, 5.41) is 0. The van der Waals surface area contributed by atoms with Gasteiger partial charge in [-0.25, -0.2) is 9.78 Å². The summed E-state index contributed by atoms with van der Waals surface area (Å²) in [5.74, 6) is 1.76. The Bertz CT molecular complexity index is 885. The van der Waals surface area contributed by atoms with Crippen molar-refractivity contribution in [1.82, 2.24) is 9.97 Å². The van der Waals surface area contributed by atoms with E-state index in [1.807, 2.05) is 18.2 Å². The van der Waals surface area contributed by atoms with Gasteiger partial charge in [0, 0.05) is 5.56 Å². The van der Waals surface area contributed by atoms with Gasteiger partial charge in [-0.2, -0.15) is 0 Å². The first-order chi connectivity index (χ1) is 10.7. The van der Waals surface area contributed by atoms with E-state index in [1.54, 1.807) is 18.2 Å². The van der Waals surface area contributed by atoms with E-state index in [-0.39, 0.29) is 12.8 Å². The number of hydrogen-bond acceptors (Lipinski definition) is 5. The van der Waals surface area contributed by atoms with Gasteiger partial charge in [0.15, 0.2) is 11.5 Å². The lowest BCUT2D eigenvalue weighted by atomic mass is 10.2. The van der Waals surface area contributed by atoms with E-state index < -0.39 is 0 Å². The number of imidazole rings is 1. The maximum atomic E-state index is 11.6. The number of carbonyl (C=O) groups is 1. The van der Waals surface area contributed by atoms with Crippen molar-refractivity contribution < 1.29 is 19.0 Å². The number of H-pyrrole nitrogens is 1. The molecule has 4 rings (SSSR count). The third kappa shape index (κ3) is 1.96. The molecule has 0 aliphatic carbocycles. The summed E-state index contributed by atoms with van der Waals surface area (Å²) >= 11 is 0. The molecule has 1 aliphatic rings. The highest BCUT2D eigenvalue weighted by Gasteiger charge is 2.16. The summed E-state index contributed by atoms with van der Waals surface area (Å²) in [7, 11) is 1.36. The number of nitrogens with zero attached hydrogens (tertiary/aromatic N) is 1. The summed E-state index contributed by atoms with van der Waals surface area (Å²) in [6.07, 6.45) is 0. The van der Waals surface area contributed by atoms with Gasteiger partial charge in [-0.1, -0.05) is 0 Å². The van der Waals surface area contributed by atoms with Crippen LogP contribution in [0.3, 0.4) is 0 Å². The van der Waals surface area contributed by atoms with E-state index in [2.05, 4.69) is 9.97 Å². The number of aromatic amines is 1. The number of rotatable bonds is 2. The van der Waals surface area contributed by atoms with Crippen LogP contribution in [0.1, 0.15) is 10.4 Å². The Labute approximate surface area is 125 Å². The number of benzene rings is 2. The predicted octanol–water partition coefficient (Wildman–Crippen LogP) is 2.75. The minimum absolute atomic E-state index is 0.238. The smallest absolute Gasteiger partial charge is 0.337 e. The first kappa shape index (κ1) is 12.7. The molecule has 0 atom stereocenters. The largest absolute Gasteiger partial charge is 0.465 e. The zero-order valence-corrected chi connectivity index (χ0v) is 11.8. The van der Waals surface area contributed by atoms with Crippen LogP contribution < -0.4 is 9.47 Å². The molecule has 22 heavy (non-hydrogen) atoms. The molecule has 0 amide bonds. The minimum atomic E-state index is -0.374. The van der Waals surface area contributed by atoms with E-state index in [0.717, 1.165) is 22.3 Å². The molecule has 0 radical (unpaired) electrons. The third-order valence-corrected chi connectivity index (χ3v) is 3.55. The molecule has 2 heterocycles. The number of hydrogen-bond donors (Lipinski definition) is 1. The topological polar surface area (TPSA) is 73.4 Å². The normalized spacial score (nSPS) is 12.6. The number of esters is 1. The van der Waals surface area contributed by atoms with Gasteiger partial charge in [0.2, 0.25) is 6.79 Å². The summed E-state index contributed by atoms with van der Waals surface area (Å²) < 4.78 is 15.4. The average molecular weight is 296 g/mol. The van der Waals surface area contributed by atoms with Crippen LogP contribution in [0.4, 0.5) is 0 Å². The van der Waals surface area contributed by atoms with Crippen molar-refractivity contribution in [2.75, 3.05) is 13.9 Å². The molecule has 6 heteroatoms. The Kier molecular flexibility index (Phi) is 2.75. The molecule has 6 nitrogen and oxygen atoms in total. The summed E-state index contributed by atoms with van der Waals surface area (Å²) in [6.45, 7) is 0.238. The Hall–Kier alpha value is -3.02. The monoisotopic (exact) mass is 296 g/mol. The van der Waals surface area contributed by atoms with Crippen molar-refractivity contribution in [3.05, 3.63) is 42.0 Å². The molecule has 0 spiro atoms. The summed E-state index contributed by atoms with van der Waals surface area (Å²) in [4.78, 5) is 19.3. The minimum Gasteiger partial charge on any atom is -0.465 e. The molecular formula is C16H12N2O4. The summed E-state index contributed by atoms with van der Waals surface area (Å²) in [5.41, 5.74) is 2.92. The standard InChI is InChI=1S/C16H12N2O4/c1-20-16(19)10-2-4-11-12(6-10)18-15(17-11)9-3-5-13-14(7-9)22-8-21-13/h2-7H,8H2,1H3,(H,17,18). The van der Waals surface area contributed by atoms with E-state index in [1.165, 1.54) is 7.11 Å². The number of fused-ring (bicyclic) bond motifs is 2. The molecule has 0 fully saturated rings. The zero-order valence-electron chi connectivity index (χ0n) is 11.8. The van der Waals surface area contributed by atoms with E-state index in [0.29, 0.717) is 17.1 Å². The van der Waals surface area contributed by atoms with Crippen molar-refractivity contribution in [2.45, 2.75) is 0 Å². The number of ether oxygens (including phenoxy) is 3. The molecule has 3 aromatic rings. The Morgan fingerprint density at radius 2 is 2.05 bits per heavy atom. The number of methoxy groups -OCH3 is 1. The first-order valence-electron chi connectivity index (χ1n) is 6.73. The van der Waals surface area contributed by atoms with Gasteiger partial charge in [-0.3, -0.25) is 0 Å². The second-order valence-corrected chi connectivity index (χ2v) is 4.88. The molecule has 1 aromatic heterocycles. The summed E-state index contributed by atoms with van der Waals surface area (Å²) in [6, 6.07) is 10.8. The van der Waals surface area contributed by atoms with Gasteiger partial charge >= 0.3 is 5.97 Å². The van der Waals surface area contributed by atoms with Gasteiger partial charge in [0.05, 0.1) is 23.7 Å². The van der Waals surface area contributed by atoms with Crippen LogP contribution >= 0.6 is 0 Å². The molecule has 2 aromatic carbocycles. The van der Waals surface area contributed by atoms with Crippen LogP contribution in [0.2, 0.25) is 0 Å². The SMILES string of the molecule is COC(=O)c1ccc2nc(-c3ccc4c(c3)OCO4)[nH]c2c1. The number of nitrogens with one attached hydrogen (secondary N) is 1. The molecule has 0 bridgehead atoms. The fraction of sp³-hybridized carbons (Fsp3) is 0.125. The van der Waals surface area contributed by atoms with Gasteiger partial charge in [0.25, 0.3) is 0 Å². The second-order valence-electron chi connectivity index (χ2n) is 4.88. The molecular weight excluding hydrogens is 284 g/mol. The molecule has 1 aliphatic heterocycles. The number of aromatic nitrogens is 2. The van der Waals surface area contributed by atoms with Crippen LogP contribution in [0, 0.1) is 0 Å². The first-order valence-corrected chi connectivity index (χ1v) is 6.73. The van der Waals surface area contributed by atoms with E-state index in [4.69, 9.17) is 14.2 Å². The lowest BCUT2D eigenvalue weighted by Crippen LogP contribution is -2.00. The van der Waals surface area contributed by atoms with Crippen molar-refractivity contribution in [3.8, 4) is 22.9 Å². The van der Waals surface area contributed by atoms with Crippen LogP contribution in [0.15, 0.2) is 36.4 Å². The lowest BCUT2D eigenvalue weighted by molar-refractivity contribution is 0.0601. The molecule has 0 saturated carbocycles. The Morgan fingerprint density at radius 3 is 2.91 bits per heavy atom. The fourth-order valence-corrected chi connectivity index (χ4v) is 2.43. The predicted molar refractivity (Wildman–Crippen MR) is 79.0 cm³/mol. The average Bonchev–Trinajstić information content (AvgIpc) is 3.18. The molecule has 0 saturated heterocycles. The maximum Gasteiger partial charge on any atom is 0.337 e. The van der Waals surface area contributed by atoms with Crippen molar-refractivity contribution in [2.24, 2.45) is 0 Å². The van der Waals surface area contributed by atoms with Crippen molar-refractivity contribution >= 4 is 17.0 Å². The fourth-order valence-electron chi connectivity index (χ4n) is 2.43. The van der Waals surface area contributed by atoms with Crippen LogP contribution in [-0.2, 0) is 4.74 Å². The molecule has 0 unspecified atom stereocenters. The van der Waals surface area contributed by atoms with Gasteiger partial charge in [-0.05, 0) is 36.4 Å². The zero-order chi connectivity index (χ0) is 15.1. The van der Waals surface area contributed by atoms with Crippen LogP contribution in [0.5, 0.6) is 11.5 Å². The lowest BCUT2D eigenvalue weighted by Gasteiger charge is -1.99. The molecule has 110 valence electrons. The van der Waals surface area contributed by atoms with Crippen molar-refractivity contribution in [1.29, 1.82) is 0 Å². The third-order valence-electron chi connectivity index (χ3n) is 3.55. The van der Waals surface area contributed by atoms with Gasteiger partial charge in [0.1, 0.15) is 5.82 Å². The Balaban J connectivity index is 1.77. The highest BCUT2D eigenvalue weighted by atomic mass is 16.7. The van der Waals surface area contributed by atoms with Crippen LogP contribution in [-0.4, -0.2) is 29.8 Å². The quantitative estimate of drug-likeness (QED) is 0.736. The van der Waals surface area contributed by atoms with E-state index in [9.17, 15) is 4.79 Å². The van der Waals surface area contributed by atoms with Gasteiger partial charge < -0.3 is 19.2 Å². The van der Waals surface area contributed by atoms with E-state index >= 15 is 0 Å².